The molecule has 0 bridgehead atoms. The topological polar surface area (TPSA) is 95.1 Å². The second-order valence-electron chi connectivity index (χ2n) is 4.84. The van der Waals surface area contributed by atoms with Gasteiger partial charge in [0.15, 0.2) is 12.4 Å². The van der Waals surface area contributed by atoms with Crippen molar-refractivity contribution in [1.29, 1.82) is 0 Å². The quantitative estimate of drug-likeness (QED) is 0.258. The van der Waals surface area contributed by atoms with Gasteiger partial charge in [0.1, 0.15) is 12.8 Å². The van der Waals surface area contributed by atoms with Crippen LogP contribution in [0.4, 0.5) is 5.69 Å². The summed E-state index contributed by atoms with van der Waals surface area (Å²) in [5.41, 5.74) is 2.08. The van der Waals surface area contributed by atoms with Crippen LogP contribution in [0.3, 0.4) is 0 Å². The monoisotopic (exact) mass is 367 g/mol. The number of aryl methyl sites for hydroxylation is 1. The van der Waals surface area contributed by atoms with Crippen molar-refractivity contribution in [1.82, 2.24) is 0 Å². The van der Waals surface area contributed by atoms with Gasteiger partial charge in [-0.2, -0.15) is 5.10 Å². The molecule has 0 atom stereocenters. The smallest absolute Gasteiger partial charge is 0.217 e. The molecule has 2 rings (SSSR count). The van der Waals surface area contributed by atoms with E-state index in [1.54, 1.807) is 7.11 Å². The molecular formula is C16H21N3O5S. The minimum absolute atomic E-state index is 0.808. The summed E-state index contributed by atoms with van der Waals surface area (Å²) >= 11 is 0. The van der Waals surface area contributed by atoms with Gasteiger partial charge in [-0.05, 0) is 24.3 Å². The zero-order valence-corrected chi connectivity index (χ0v) is 15.3. The molecule has 0 saturated carbocycles. The van der Waals surface area contributed by atoms with E-state index < -0.39 is 10.4 Å². The highest BCUT2D eigenvalue weighted by Crippen LogP contribution is 2.18. The Hall–Kier alpha value is -2.49. The highest BCUT2D eigenvalue weighted by Gasteiger charge is 1.99. The summed E-state index contributed by atoms with van der Waals surface area (Å²) in [5.74, 6) is 0.844. The average molecular weight is 367 g/mol. The molecule has 0 aliphatic rings. The van der Waals surface area contributed by atoms with Gasteiger partial charge < -0.3 is 9.29 Å². The molecule has 0 unspecified atom stereocenters. The third-order valence-corrected chi connectivity index (χ3v) is 3.44. The lowest BCUT2D eigenvalue weighted by molar-refractivity contribution is -0.671. The standard InChI is InChI=1S/C15H18N3O.CH4O4S/c1-17-10-8-13(9-11-17)12-16-18(2)14-4-6-15(19-3)7-5-14;1-5-6(2,3)4/h4-12H,1-3H3;1H3,(H,2,3,4)/q+1;/p-1. The normalized spacial score (nSPS) is 10.9. The maximum Gasteiger partial charge on any atom is 0.217 e. The van der Waals surface area contributed by atoms with E-state index in [9.17, 15) is 13.0 Å². The minimum Gasteiger partial charge on any atom is -0.726 e. The zero-order chi connectivity index (χ0) is 18.9. The van der Waals surface area contributed by atoms with Crippen molar-refractivity contribution < 1.29 is 26.5 Å². The summed E-state index contributed by atoms with van der Waals surface area (Å²) in [5, 5.41) is 6.23. The number of ether oxygens (including phenoxy) is 1. The number of hydrazone groups is 1. The molecule has 1 aromatic heterocycles. The van der Waals surface area contributed by atoms with Crippen LogP contribution < -0.4 is 14.3 Å². The second kappa shape index (κ2) is 9.72. The molecule has 1 heterocycles. The van der Waals surface area contributed by atoms with Gasteiger partial charge in [0.25, 0.3) is 0 Å². The van der Waals surface area contributed by atoms with Crippen molar-refractivity contribution in [2.75, 3.05) is 26.3 Å². The number of nitrogens with zero attached hydrogens (tertiary/aromatic N) is 3. The van der Waals surface area contributed by atoms with Crippen molar-refractivity contribution in [2.45, 2.75) is 0 Å². The highest BCUT2D eigenvalue weighted by atomic mass is 32.3. The van der Waals surface area contributed by atoms with E-state index in [0.717, 1.165) is 24.1 Å². The predicted molar refractivity (Wildman–Crippen MR) is 93.3 cm³/mol. The number of aromatic nitrogens is 1. The van der Waals surface area contributed by atoms with Crippen LogP contribution >= 0.6 is 0 Å². The summed E-state index contributed by atoms with van der Waals surface area (Å²) in [6, 6.07) is 11.8. The molecule has 0 spiro atoms. The molecule has 0 N–H and O–H groups in total. The van der Waals surface area contributed by atoms with E-state index in [1.165, 1.54) is 0 Å². The number of benzene rings is 1. The Labute approximate surface area is 147 Å². The first-order chi connectivity index (χ1) is 11.7. The molecule has 25 heavy (non-hydrogen) atoms. The first-order valence-corrected chi connectivity index (χ1v) is 8.47. The van der Waals surface area contributed by atoms with Crippen molar-refractivity contribution in [3.8, 4) is 5.75 Å². The Morgan fingerprint density at radius 1 is 1.12 bits per heavy atom. The van der Waals surface area contributed by atoms with Crippen LogP contribution in [0.2, 0.25) is 0 Å². The second-order valence-corrected chi connectivity index (χ2v) is 5.99. The molecular weight excluding hydrogens is 346 g/mol. The van der Waals surface area contributed by atoms with Gasteiger partial charge in [0.05, 0.1) is 26.1 Å². The third kappa shape index (κ3) is 8.25. The average Bonchev–Trinajstić information content (AvgIpc) is 2.61. The maximum atomic E-state index is 9.22. The molecule has 0 amide bonds. The Balaban J connectivity index is 0.000000450. The number of rotatable bonds is 5. The van der Waals surface area contributed by atoms with Crippen LogP contribution in [-0.4, -0.2) is 40.5 Å². The molecule has 2 aromatic rings. The van der Waals surface area contributed by atoms with Gasteiger partial charge in [0.2, 0.25) is 10.4 Å². The van der Waals surface area contributed by atoms with Gasteiger partial charge in [-0.25, -0.2) is 13.0 Å². The van der Waals surface area contributed by atoms with E-state index in [1.807, 2.05) is 78.7 Å². The summed E-state index contributed by atoms with van der Waals surface area (Å²) in [6.07, 6.45) is 5.83. The van der Waals surface area contributed by atoms with Crippen LogP contribution in [0, 0.1) is 0 Å². The molecule has 0 radical (unpaired) electrons. The van der Waals surface area contributed by atoms with E-state index in [4.69, 9.17) is 4.74 Å². The van der Waals surface area contributed by atoms with E-state index in [-0.39, 0.29) is 0 Å². The largest absolute Gasteiger partial charge is 0.726 e. The fourth-order valence-electron chi connectivity index (χ4n) is 1.62. The predicted octanol–water partition coefficient (Wildman–Crippen LogP) is 1.08. The molecule has 0 aliphatic carbocycles. The molecule has 0 fully saturated rings. The molecule has 0 aliphatic heterocycles. The zero-order valence-electron chi connectivity index (χ0n) is 14.5. The summed E-state index contributed by atoms with van der Waals surface area (Å²) in [6.45, 7) is 0. The van der Waals surface area contributed by atoms with Crippen LogP contribution in [0.15, 0.2) is 53.9 Å². The van der Waals surface area contributed by atoms with Gasteiger partial charge in [0, 0.05) is 24.7 Å². The van der Waals surface area contributed by atoms with Crippen LogP contribution in [0.25, 0.3) is 0 Å². The van der Waals surface area contributed by atoms with Crippen LogP contribution in [0.1, 0.15) is 5.56 Å². The lowest BCUT2D eigenvalue weighted by Gasteiger charge is -2.12. The van der Waals surface area contributed by atoms with Crippen LogP contribution in [-0.2, 0) is 21.6 Å². The SMILES string of the molecule is COS(=O)(=O)[O-].COc1ccc(N(C)N=Cc2cc[n+](C)cc2)cc1. The maximum absolute atomic E-state index is 9.22. The first-order valence-electron chi connectivity index (χ1n) is 7.13. The summed E-state index contributed by atoms with van der Waals surface area (Å²) in [4.78, 5) is 0. The number of pyridine rings is 1. The third-order valence-electron chi connectivity index (χ3n) is 3.03. The highest BCUT2D eigenvalue weighted by molar-refractivity contribution is 7.80. The summed E-state index contributed by atoms with van der Waals surface area (Å²) in [7, 11) is 1.96. The van der Waals surface area contributed by atoms with E-state index in [2.05, 4.69) is 9.28 Å². The van der Waals surface area contributed by atoms with E-state index in [0.29, 0.717) is 0 Å². The van der Waals surface area contributed by atoms with Gasteiger partial charge in [-0.15, -0.1) is 0 Å². The van der Waals surface area contributed by atoms with Crippen molar-refractivity contribution >= 4 is 22.3 Å². The lowest BCUT2D eigenvalue weighted by atomic mass is 10.3. The Morgan fingerprint density at radius 2 is 1.64 bits per heavy atom. The molecule has 136 valence electrons. The number of hydrogen-bond acceptors (Lipinski definition) is 7. The number of methoxy groups -OCH3 is 1. The van der Waals surface area contributed by atoms with Crippen molar-refractivity contribution in [3.05, 3.63) is 54.4 Å². The van der Waals surface area contributed by atoms with Crippen molar-refractivity contribution in [3.63, 3.8) is 0 Å². The van der Waals surface area contributed by atoms with Gasteiger partial charge in [-0.3, -0.25) is 9.19 Å². The van der Waals surface area contributed by atoms with Gasteiger partial charge >= 0.3 is 0 Å². The van der Waals surface area contributed by atoms with Crippen LogP contribution in [0.5, 0.6) is 5.75 Å². The molecule has 0 saturated heterocycles. The lowest BCUT2D eigenvalue weighted by Crippen LogP contribution is -2.25. The summed E-state index contributed by atoms with van der Waals surface area (Å²) < 4.78 is 38.1. The molecule has 1 aromatic carbocycles. The fraction of sp³-hybridized carbons (Fsp3) is 0.250. The Kier molecular flexibility index (Phi) is 7.99. The Bertz CT molecular complexity index is 774. The minimum atomic E-state index is -4.41. The fourth-order valence-corrected chi connectivity index (χ4v) is 1.62. The number of hydrogen-bond donors (Lipinski definition) is 0. The molecule has 8 nitrogen and oxygen atoms in total. The van der Waals surface area contributed by atoms with Gasteiger partial charge in [-0.1, -0.05) is 0 Å². The van der Waals surface area contributed by atoms with E-state index >= 15 is 0 Å². The first kappa shape index (κ1) is 20.6. The molecule has 9 heteroatoms. The Morgan fingerprint density at radius 3 is 2.08 bits per heavy atom. The van der Waals surface area contributed by atoms with Crippen molar-refractivity contribution in [2.24, 2.45) is 12.1 Å². The number of anilines is 1.